The van der Waals surface area contributed by atoms with Crippen molar-refractivity contribution in [3.63, 3.8) is 0 Å². The van der Waals surface area contributed by atoms with Gasteiger partial charge in [-0.1, -0.05) is 25.6 Å². The minimum Gasteiger partial charge on any atom is -0.442 e. The molecule has 1 heterocycles. The van der Waals surface area contributed by atoms with Crippen molar-refractivity contribution in [1.29, 1.82) is 0 Å². The van der Waals surface area contributed by atoms with Crippen LogP contribution in [-0.2, 0) is 4.74 Å². The van der Waals surface area contributed by atoms with Crippen LogP contribution in [-0.4, -0.2) is 29.5 Å². The fourth-order valence-corrected chi connectivity index (χ4v) is 2.34. The van der Waals surface area contributed by atoms with Gasteiger partial charge in [0.25, 0.3) is 0 Å². The summed E-state index contributed by atoms with van der Waals surface area (Å²) in [6.07, 6.45) is 1.20. The number of ether oxygens (including phenoxy) is 1. The highest BCUT2D eigenvalue weighted by molar-refractivity contribution is 6.83. The molecule has 2 rings (SSSR count). The zero-order valence-corrected chi connectivity index (χ0v) is 15.0. The number of aromatic nitrogens is 2. The number of rotatable bonds is 0. The van der Waals surface area contributed by atoms with Gasteiger partial charge in [-0.05, 0) is 39.0 Å². The smallest absolute Gasteiger partial charge is 0.435 e. The molecule has 0 aliphatic carbocycles. The third kappa shape index (κ3) is 4.22. The molecule has 5 heteroatoms. The third-order valence-electron chi connectivity index (χ3n) is 2.72. The molecule has 0 unspecified atom stereocenters. The lowest BCUT2D eigenvalue weighted by Gasteiger charge is -2.19. The summed E-state index contributed by atoms with van der Waals surface area (Å²) >= 11 is 0. The van der Waals surface area contributed by atoms with E-state index in [0.717, 1.165) is 16.5 Å². The number of benzene rings is 1. The Morgan fingerprint density at radius 2 is 1.95 bits per heavy atom. The predicted molar refractivity (Wildman–Crippen MR) is 91.6 cm³/mol. The first-order valence-corrected chi connectivity index (χ1v) is 10.8. The monoisotopic (exact) mass is 314 g/mol. The summed E-state index contributed by atoms with van der Waals surface area (Å²) in [5.74, 6) is 3.21. The first-order chi connectivity index (χ1) is 10.1. The topological polar surface area (TPSA) is 44.1 Å². The maximum absolute atomic E-state index is 12.1. The molecule has 116 valence electrons. The summed E-state index contributed by atoms with van der Waals surface area (Å²) in [6.45, 7) is 12.1. The molecule has 4 nitrogen and oxygen atoms in total. The average Bonchev–Trinajstić information content (AvgIpc) is 2.76. The SMILES string of the molecule is CC(C)(C)OC(=O)n1ncc2cc(C#C[Si](C)(C)C)ccc21. The molecule has 1 aromatic heterocycles. The quantitative estimate of drug-likeness (QED) is 0.544. The van der Waals surface area contributed by atoms with Crippen molar-refractivity contribution in [3.8, 4) is 11.5 Å². The largest absolute Gasteiger partial charge is 0.442 e. The Bertz CT molecular complexity index is 768. The average molecular weight is 314 g/mol. The van der Waals surface area contributed by atoms with E-state index in [4.69, 9.17) is 4.74 Å². The minimum absolute atomic E-state index is 0.469. The summed E-state index contributed by atoms with van der Waals surface area (Å²) in [6, 6.07) is 5.73. The van der Waals surface area contributed by atoms with Crippen LogP contribution in [0.15, 0.2) is 24.4 Å². The van der Waals surface area contributed by atoms with Gasteiger partial charge in [-0.3, -0.25) is 0 Å². The zero-order valence-electron chi connectivity index (χ0n) is 14.0. The van der Waals surface area contributed by atoms with E-state index in [9.17, 15) is 4.79 Å². The van der Waals surface area contributed by atoms with Gasteiger partial charge >= 0.3 is 6.09 Å². The Kier molecular flexibility index (Phi) is 4.16. The van der Waals surface area contributed by atoms with Gasteiger partial charge in [0.05, 0.1) is 11.7 Å². The van der Waals surface area contributed by atoms with E-state index >= 15 is 0 Å². The standard InChI is InChI=1S/C17H22N2O2Si/c1-17(2,3)21-16(20)19-15-8-7-13(9-10-22(4,5)6)11-14(15)12-18-19/h7-8,11-12H,1-6H3. The number of hydrogen-bond donors (Lipinski definition) is 0. The first-order valence-electron chi connectivity index (χ1n) is 7.29. The lowest BCUT2D eigenvalue weighted by molar-refractivity contribution is 0.0523. The maximum atomic E-state index is 12.1. The van der Waals surface area contributed by atoms with Gasteiger partial charge in [-0.25, -0.2) is 4.79 Å². The molecule has 0 bridgehead atoms. The number of nitrogens with zero attached hydrogens (tertiary/aromatic N) is 2. The summed E-state index contributed by atoms with van der Waals surface area (Å²) in [5, 5.41) is 5.01. The van der Waals surface area contributed by atoms with E-state index in [1.165, 1.54) is 4.68 Å². The second kappa shape index (κ2) is 5.62. The van der Waals surface area contributed by atoms with Gasteiger partial charge in [0.15, 0.2) is 0 Å². The van der Waals surface area contributed by atoms with Crippen molar-refractivity contribution in [1.82, 2.24) is 9.78 Å². The third-order valence-corrected chi connectivity index (χ3v) is 3.59. The highest BCUT2D eigenvalue weighted by atomic mass is 28.3. The van der Waals surface area contributed by atoms with Gasteiger partial charge in [-0.2, -0.15) is 9.78 Å². The molecule has 0 saturated carbocycles. The number of carbonyl (C=O) groups excluding carboxylic acids is 1. The maximum Gasteiger partial charge on any atom is 0.435 e. The molecule has 0 atom stereocenters. The van der Waals surface area contributed by atoms with Crippen molar-refractivity contribution >= 4 is 25.1 Å². The van der Waals surface area contributed by atoms with E-state index in [0.29, 0.717) is 0 Å². The van der Waals surface area contributed by atoms with E-state index in [1.807, 2.05) is 39.0 Å². The second-order valence-electron chi connectivity index (χ2n) is 7.31. The Morgan fingerprint density at radius 1 is 1.27 bits per heavy atom. The van der Waals surface area contributed by atoms with E-state index < -0.39 is 19.8 Å². The molecule has 22 heavy (non-hydrogen) atoms. The van der Waals surface area contributed by atoms with Gasteiger partial charge < -0.3 is 4.74 Å². The van der Waals surface area contributed by atoms with Crippen LogP contribution in [0.5, 0.6) is 0 Å². The summed E-state index contributed by atoms with van der Waals surface area (Å²) in [4.78, 5) is 12.1. The number of fused-ring (bicyclic) bond motifs is 1. The van der Waals surface area contributed by atoms with Crippen LogP contribution >= 0.6 is 0 Å². The highest BCUT2D eigenvalue weighted by Gasteiger charge is 2.20. The van der Waals surface area contributed by atoms with E-state index in [-0.39, 0.29) is 0 Å². The normalized spacial score (nSPS) is 11.9. The van der Waals surface area contributed by atoms with Crippen molar-refractivity contribution in [2.75, 3.05) is 0 Å². The van der Waals surface area contributed by atoms with E-state index in [2.05, 4.69) is 36.2 Å². The number of carbonyl (C=O) groups is 1. The van der Waals surface area contributed by atoms with Crippen LogP contribution in [0.4, 0.5) is 4.79 Å². The molecule has 0 spiro atoms. The fourth-order valence-electron chi connectivity index (χ4n) is 1.82. The molecule has 0 fully saturated rings. The van der Waals surface area contributed by atoms with Crippen LogP contribution in [0, 0.1) is 11.5 Å². The molecule has 0 saturated heterocycles. The molecule has 0 amide bonds. The Labute approximate surface area is 132 Å². The van der Waals surface area contributed by atoms with Gasteiger partial charge in [0.1, 0.15) is 13.7 Å². The summed E-state index contributed by atoms with van der Waals surface area (Å²) in [5.41, 5.74) is 4.46. The van der Waals surface area contributed by atoms with Gasteiger partial charge in [0, 0.05) is 10.9 Å². The van der Waals surface area contributed by atoms with Crippen molar-refractivity contribution in [2.24, 2.45) is 0 Å². The molecule has 0 aliphatic rings. The predicted octanol–water partition coefficient (Wildman–Crippen LogP) is 4.05. The first kappa shape index (κ1) is 16.3. The Morgan fingerprint density at radius 3 is 2.55 bits per heavy atom. The number of hydrogen-bond acceptors (Lipinski definition) is 3. The minimum atomic E-state index is -1.40. The highest BCUT2D eigenvalue weighted by Crippen LogP contribution is 2.17. The molecule has 2 aromatic rings. The van der Waals surface area contributed by atoms with Crippen LogP contribution in [0.2, 0.25) is 19.6 Å². The van der Waals surface area contributed by atoms with Crippen LogP contribution < -0.4 is 0 Å². The molecule has 0 radical (unpaired) electrons. The Hall–Kier alpha value is -2.06. The Balaban J connectivity index is 2.34. The molecular formula is C17H22N2O2Si. The van der Waals surface area contributed by atoms with Gasteiger partial charge in [0.2, 0.25) is 0 Å². The molecule has 0 N–H and O–H groups in total. The van der Waals surface area contributed by atoms with E-state index in [1.54, 1.807) is 6.20 Å². The molecular weight excluding hydrogens is 292 g/mol. The summed E-state index contributed by atoms with van der Waals surface area (Å²) < 4.78 is 6.64. The summed E-state index contributed by atoms with van der Waals surface area (Å²) in [7, 11) is -1.40. The van der Waals surface area contributed by atoms with Crippen molar-refractivity contribution in [2.45, 2.75) is 46.0 Å². The van der Waals surface area contributed by atoms with Crippen molar-refractivity contribution in [3.05, 3.63) is 30.0 Å². The van der Waals surface area contributed by atoms with Crippen LogP contribution in [0.1, 0.15) is 26.3 Å². The lowest BCUT2D eigenvalue weighted by atomic mass is 10.2. The van der Waals surface area contributed by atoms with Gasteiger partial charge in [-0.15, -0.1) is 5.54 Å². The molecule has 0 aliphatic heterocycles. The van der Waals surface area contributed by atoms with Crippen molar-refractivity contribution < 1.29 is 9.53 Å². The molecule has 1 aromatic carbocycles. The fraction of sp³-hybridized carbons (Fsp3) is 0.412. The second-order valence-corrected chi connectivity index (χ2v) is 12.1. The van der Waals surface area contributed by atoms with Crippen LogP contribution in [0.3, 0.4) is 0 Å². The van der Waals surface area contributed by atoms with Crippen LogP contribution in [0.25, 0.3) is 10.9 Å². The lowest BCUT2D eigenvalue weighted by Crippen LogP contribution is -2.27. The zero-order chi connectivity index (χ0) is 16.5.